The molecule has 7 heteroatoms. The SMILES string of the molecule is CCCCc1ccc([C@H](C)NC(=O)c2ccc3c(Cc4ccc(O[C@H](C)C(=O)O)c(Cl)c4)c(C)n(C)c3c2)cc1. The molecule has 0 bridgehead atoms. The molecule has 1 amide bonds. The average molecular weight is 561 g/mol. The molecule has 0 aliphatic carbocycles. The predicted octanol–water partition coefficient (Wildman–Crippen LogP) is 7.42. The highest BCUT2D eigenvalue weighted by molar-refractivity contribution is 6.32. The number of rotatable bonds is 11. The zero-order valence-corrected chi connectivity index (χ0v) is 24.5. The van der Waals surface area contributed by atoms with Crippen molar-refractivity contribution in [3.05, 3.63) is 99.2 Å². The molecular formula is C33H37ClN2O4. The zero-order valence-electron chi connectivity index (χ0n) is 23.8. The van der Waals surface area contributed by atoms with Gasteiger partial charge in [-0.2, -0.15) is 0 Å². The molecule has 4 rings (SSSR count). The van der Waals surface area contributed by atoms with E-state index in [0.717, 1.165) is 39.7 Å². The van der Waals surface area contributed by atoms with Crippen molar-refractivity contribution in [3.8, 4) is 5.75 Å². The van der Waals surface area contributed by atoms with Gasteiger partial charge in [0.05, 0.1) is 11.1 Å². The first-order chi connectivity index (χ1) is 19.1. The Balaban J connectivity index is 1.51. The highest BCUT2D eigenvalue weighted by atomic mass is 35.5. The van der Waals surface area contributed by atoms with Gasteiger partial charge >= 0.3 is 5.97 Å². The first-order valence-corrected chi connectivity index (χ1v) is 14.1. The molecule has 2 atom stereocenters. The predicted molar refractivity (Wildman–Crippen MR) is 161 cm³/mol. The molecule has 1 heterocycles. The first-order valence-electron chi connectivity index (χ1n) is 13.7. The molecule has 2 N–H and O–H groups in total. The summed E-state index contributed by atoms with van der Waals surface area (Å²) in [6.07, 6.45) is 3.07. The van der Waals surface area contributed by atoms with Crippen LogP contribution in [0.4, 0.5) is 0 Å². The van der Waals surface area contributed by atoms with E-state index in [9.17, 15) is 9.59 Å². The fraction of sp³-hybridized carbons (Fsp3) is 0.333. The van der Waals surface area contributed by atoms with E-state index < -0.39 is 12.1 Å². The van der Waals surface area contributed by atoms with E-state index in [1.165, 1.54) is 25.3 Å². The number of aliphatic carboxylic acids is 1. The molecule has 0 saturated heterocycles. The fourth-order valence-corrected chi connectivity index (χ4v) is 5.17. The summed E-state index contributed by atoms with van der Waals surface area (Å²) in [5, 5.41) is 13.7. The smallest absolute Gasteiger partial charge is 0.344 e. The number of aryl methyl sites for hydroxylation is 2. The standard InChI is InChI=1S/C33H37ClN2O4/c1-6-7-8-23-9-12-25(13-10-23)20(2)35-32(37)26-14-15-27-28(21(3)36(5)30(27)19-26)17-24-11-16-31(29(34)18-24)40-22(4)33(38)39/h9-16,18-20,22H,6-8,17H2,1-5H3,(H,35,37)(H,38,39)/t20-,22+/m0/s1. The van der Waals surface area contributed by atoms with E-state index >= 15 is 0 Å². The minimum Gasteiger partial charge on any atom is -0.479 e. The number of nitrogens with zero attached hydrogens (tertiary/aromatic N) is 1. The third-order valence-corrected chi connectivity index (χ3v) is 7.86. The van der Waals surface area contributed by atoms with Gasteiger partial charge < -0.3 is 19.7 Å². The van der Waals surface area contributed by atoms with Crippen LogP contribution >= 0.6 is 11.6 Å². The number of benzene rings is 3. The van der Waals surface area contributed by atoms with Crippen molar-refractivity contribution in [2.45, 2.75) is 65.5 Å². The van der Waals surface area contributed by atoms with Crippen LogP contribution in [0.3, 0.4) is 0 Å². The lowest BCUT2D eigenvalue weighted by Crippen LogP contribution is -2.26. The number of unbranched alkanes of at least 4 members (excludes halogenated alkanes) is 1. The lowest BCUT2D eigenvalue weighted by molar-refractivity contribution is -0.144. The molecule has 40 heavy (non-hydrogen) atoms. The summed E-state index contributed by atoms with van der Waals surface area (Å²) < 4.78 is 7.55. The zero-order chi connectivity index (χ0) is 29.0. The van der Waals surface area contributed by atoms with Crippen molar-refractivity contribution in [1.82, 2.24) is 9.88 Å². The Labute approximate surface area is 240 Å². The second kappa shape index (κ2) is 12.6. The molecule has 4 aromatic rings. The molecule has 0 spiro atoms. The third kappa shape index (κ3) is 6.50. The largest absolute Gasteiger partial charge is 0.479 e. The van der Waals surface area contributed by atoms with E-state index in [1.54, 1.807) is 6.07 Å². The number of carbonyl (C=O) groups excluding carboxylic acids is 1. The van der Waals surface area contributed by atoms with E-state index in [0.29, 0.717) is 22.8 Å². The van der Waals surface area contributed by atoms with Gasteiger partial charge in [-0.15, -0.1) is 0 Å². The Hall–Kier alpha value is -3.77. The number of carbonyl (C=O) groups is 2. The van der Waals surface area contributed by atoms with Gasteiger partial charge in [0.15, 0.2) is 6.10 Å². The number of carboxylic acid groups (broad SMARTS) is 1. The van der Waals surface area contributed by atoms with Crippen molar-refractivity contribution in [3.63, 3.8) is 0 Å². The van der Waals surface area contributed by atoms with Crippen molar-refractivity contribution in [1.29, 1.82) is 0 Å². The Morgan fingerprint density at radius 1 is 1.02 bits per heavy atom. The molecule has 0 unspecified atom stereocenters. The Kier molecular flexibility index (Phi) is 9.21. The number of amides is 1. The highest BCUT2D eigenvalue weighted by Crippen LogP contribution is 2.31. The van der Waals surface area contributed by atoms with Crippen molar-refractivity contribution in [2.24, 2.45) is 7.05 Å². The lowest BCUT2D eigenvalue weighted by atomic mass is 10.0. The average Bonchev–Trinajstić information content (AvgIpc) is 3.17. The van der Waals surface area contributed by atoms with Crippen molar-refractivity contribution < 1.29 is 19.4 Å². The number of nitrogens with one attached hydrogen (secondary N) is 1. The minimum absolute atomic E-state index is 0.107. The summed E-state index contributed by atoms with van der Waals surface area (Å²) >= 11 is 6.41. The normalized spacial score (nSPS) is 12.8. The van der Waals surface area contributed by atoms with Gasteiger partial charge in [0.2, 0.25) is 0 Å². The maximum atomic E-state index is 13.2. The van der Waals surface area contributed by atoms with Crippen LogP contribution < -0.4 is 10.1 Å². The monoisotopic (exact) mass is 560 g/mol. The molecule has 1 aromatic heterocycles. The van der Waals surface area contributed by atoms with Crippen molar-refractivity contribution in [2.75, 3.05) is 0 Å². The number of halogens is 1. The number of ether oxygens (including phenoxy) is 1. The molecule has 3 aromatic carbocycles. The Morgan fingerprint density at radius 2 is 1.73 bits per heavy atom. The summed E-state index contributed by atoms with van der Waals surface area (Å²) in [6, 6.07) is 19.6. The van der Waals surface area contributed by atoms with Crippen LogP contribution in [-0.2, 0) is 24.7 Å². The number of hydrogen-bond acceptors (Lipinski definition) is 3. The quantitative estimate of drug-likeness (QED) is 0.200. The Bertz CT molecular complexity index is 1520. The van der Waals surface area contributed by atoms with Crippen LogP contribution in [0.1, 0.15) is 78.0 Å². The highest BCUT2D eigenvalue weighted by Gasteiger charge is 2.18. The summed E-state index contributed by atoms with van der Waals surface area (Å²) in [4.78, 5) is 24.3. The first kappa shape index (κ1) is 29.2. The van der Waals surface area contributed by atoms with Gasteiger partial charge in [-0.25, -0.2) is 4.79 Å². The molecule has 6 nitrogen and oxygen atoms in total. The van der Waals surface area contributed by atoms with Crippen LogP contribution in [-0.4, -0.2) is 27.7 Å². The van der Waals surface area contributed by atoms with Gasteiger partial charge in [0.25, 0.3) is 5.91 Å². The second-order valence-electron chi connectivity index (χ2n) is 10.4. The van der Waals surface area contributed by atoms with Crippen LogP contribution in [0, 0.1) is 6.92 Å². The summed E-state index contributed by atoms with van der Waals surface area (Å²) in [6.45, 7) is 7.73. The third-order valence-electron chi connectivity index (χ3n) is 7.56. The van der Waals surface area contributed by atoms with Crippen LogP contribution in [0.5, 0.6) is 5.75 Å². The van der Waals surface area contributed by atoms with Gasteiger partial charge in [-0.05, 0) is 86.6 Å². The number of carboxylic acids is 1. The maximum Gasteiger partial charge on any atom is 0.344 e. The van der Waals surface area contributed by atoms with E-state index in [-0.39, 0.29) is 11.9 Å². The lowest BCUT2D eigenvalue weighted by Gasteiger charge is -2.15. The fourth-order valence-electron chi connectivity index (χ4n) is 4.92. The van der Waals surface area contributed by atoms with E-state index in [2.05, 4.69) is 48.0 Å². The van der Waals surface area contributed by atoms with E-state index in [4.69, 9.17) is 21.4 Å². The van der Waals surface area contributed by atoms with Gasteiger partial charge in [-0.3, -0.25) is 4.79 Å². The van der Waals surface area contributed by atoms with Crippen LogP contribution in [0.25, 0.3) is 10.9 Å². The molecule has 0 fully saturated rings. The Morgan fingerprint density at radius 3 is 2.38 bits per heavy atom. The van der Waals surface area contributed by atoms with Crippen LogP contribution in [0.2, 0.25) is 5.02 Å². The minimum atomic E-state index is -1.05. The number of hydrogen-bond donors (Lipinski definition) is 2. The molecular weight excluding hydrogens is 524 g/mol. The van der Waals surface area contributed by atoms with Crippen molar-refractivity contribution >= 4 is 34.4 Å². The topological polar surface area (TPSA) is 80.6 Å². The summed E-state index contributed by atoms with van der Waals surface area (Å²) in [5.74, 6) is -0.819. The molecule has 210 valence electrons. The summed E-state index contributed by atoms with van der Waals surface area (Å²) in [5.41, 5.74) is 7.22. The molecule has 0 radical (unpaired) electrons. The molecule has 0 saturated carbocycles. The maximum absolute atomic E-state index is 13.2. The number of fused-ring (bicyclic) bond motifs is 1. The molecule has 0 aliphatic heterocycles. The number of aromatic nitrogens is 1. The second-order valence-corrected chi connectivity index (χ2v) is 10.8. The van der Waals surface area contributed by atoms with Gasteiger partial charge in [0, 0.05) is 29.2 Å². The molecule has 0 aliphatic rings. The summed E-state index contributed by atoms with van der Waals surface area (Å²) in [7, 11) is 2.00. The van der Waals surface area contributed by atoms with E-state index in [1.807, 2.05) is 44.3 Å². The van der Waals surface area contributed by atoms with Gasteiger partial charge in [-0.1, -0.05) is 61.3 Å². The van der Waals surface area contributed by atoms with Gasteiger partial charge in [0.1, 0.15) is 5.75 Å². The van der Waals surface area contributed by atoms with Crippen LogP contribution in [0.15, 0.2) is 60.7 Å².